The lowest BCUT2D eigenvalue weighted by atomic mass is 10.1. The van der Waals surface area contributed by atoms with Crippen LogP contribution in [-0.4, -0.2) is 17.7 Å². The van der Waals surface area contributed by atoms with E-state index in [-0.39, 0.29) is 12.4 Å². The molecule has 0 aliphatic carbocycles. The largest absolute Gasteiger partial charge is 0.490 e. The molecule has 0 fully saturated rings. The Kier molecular flexibility index (Phi) is 5.47. The first-order chi connectivity index (χ1) is 10.6. The molecule has 2 aromatic rings. The van der Waals surface area contributed by atoms with Crippen LogP contribution in [-0.2, 0) is 13.0 Å². The number of carboxylic acids is 1. The molecule has 0 saturated heterocycles. The molecule has 1 heterocycles. The van der Waals surface area contributed by atoms with Gasteiger partial charge in [-0.25, -0.2) is 4.79 Å². The van der Waals surface area contributed by atoms with Gasteiger partial charge in [0, 0.05) is 0 Å². The second kappa shape index (κ2) is 7.54. The molecule has 118 valence electrons. The lowest BCUT2D eigenvalue weighted by Crippen LogP contribution is -2.00. The second-order valence-corrected chi connectivity index (χ2v) is 4.82. The first-order valence-electron chi connectivity index (χ1n) is 7.34. The van der Waals surface area contributed by atoms with E-state index >= 15 is 0 Å². The van der Waals surface area contributed by atoms with Crippen LogP contribution in [0.3, 0.4) is 0 Å². The van der Waals surface area contributed by atoms with Gasteiger partial charge in [0.05, 0.1) is 6.61 Å². The number of rotatable bonds is 8. The van der Waals surface area contributed by atoms with Crippen molar-refractivity contribution in [3.63, 3.8) is 0 Å². The monoisotopic (exact) mass is 304 g/mol. The van der Waals surface area contributed by atoms with Crippen molar-refractivity contribution in [3.05, 3.63) is 47.4 Å². The zero-order chi connectivity index (χ0) is 15.9. The lowest BCUT2D eigenvalue weighted by molar-refractivity contribution is 0.0658. The van der Waals surface area contributed by atoms with Gasteiger partial charge in [-0.2, -0.15) is 0 Å². The standard InChI is InChI=1S/C17H20O5/c1-3-5-12-6-8-14(16(10-12)20-4-2)21-11-13-7-9-15(22-13)17(18)19/h6-10H,3-5,11H2,1-2H3,(H,18,19). The molecular formula is C17H20O5. The number of carboxylic acid groups (broad SMARTS) is 1. The molecule has 0 aliphatic rings. The summed E-state index contributed by atoms with van der Waals surface area (Å²) in [6, 6.07) is 8.86. The Morgan fingerprint density at radius 1 is 1.14 bits per heavy atom. The van der Waals surface area contributed by atoms with Crippen LogP contribution in [0.15, 0.2) is 34.7 Å². The molecule has 0 unspecified atom stereocenters. The van der Waals surface area contributed by atoms with E-state index < -0.39 is 5.97 Å². The van der Waals surface area contributed by atoms with Gasteiger partial charge in [0.1, 0.15) is 12.4 Å². The minimum absolute atomic E-state index is 0.0954. The van der Waals surface area contributed by atoms with E-state index in [1.807, 2.05) is 25.1 Å². The van der Waals surface area contributed by atoms with Gasteiger partial charge in [-0.3, -0.25) is 0 Å². The number of furan rings is 1. The summed E-state index contributed by atoms with van der Waals surface area (Å²) in [5.41, 5.74) is 1.20. The van der Waals surface area contributed by atoms with Crippen LogP contribution in [0.4, 0.5) is 0 Å². The molecule has 0 atom stereocenters. The summed E-state index contributed by atoms with van der Waals surface area (Å²) < 4.78 is 16.5. The van der Waals surface area contributed by atoms with Crippen molar-refractivity contribution in [1.29, 1.82) is 0 Å². The van der Waals surface area contributed by atoms with Crippen molar-refractivity contribution < 1.29 is 23.8 Å². The maximum Gasteiger partial charge on any atom is 0.371 e. The maximum absolute atomic E-state index is 10.8. The van der Waals surface area contributed by atoms with Crippen LogP contribution >= 0.6 is 0 Å². The van der Waals surface area contributed by atoms with Gasteiger partial charge in [-0.05, 0) is 43.2 Å². The van der Waals surface area contributed by atoms with Crippen molar-refractivity contribution in [3.8, 4) is 11.5 Å². The highest BCUT2D eigenvalue weighted by atomic mass is 16.5. The van der Waals surface area contributed by atoms with Gasteiger partial charge in [0.2, 0.25) is 5.76 Å². The third-order valence-electron chi connectivity index (χ3n) is 3.09. The first-order valence-corrected chi connectivity index (χ1v) is 7.34. The third kappa shape index (κ3) is 4.04. The van der Waals surface area contributed by atoms with Crippen LogP contribution in [0, 0.1) is 0 Å². The van der Waals surface area contributed by atoms with E-state index in [1.54, 1.807) is 6.07 Å². The van der Waals surface area contributed by atoms with Crippen LogP contribution in [0.5, 0.6) is 11.5 Å². The van der Waals surface area contributed by atoms with Gasteiger partial charge in [-0.1, -0.05) is 19.4 Å². The van der Waals surface area contributed by atoms with Gasteiger partial charge < -0.3 is 19.0 Å². The van der Waals surface area contributed by atoms with E-state index in [2.05, 4.69) is 6.92 Å². The highest BCUT2D eigenvalue weighted by Gasteiger charge is 2.11. The van der Waals surface area contributed by atoms with E-state index in [0.29, 0.717) is 23.9 Å². The first kappa shape index (κ1) is 15.9. The fourth-order valence-electron chi connectivity index (χ4n) is 2.10. The number of aromatic carboxylic acids is 1. The summed E-state index contributed by atoms with van der Waals surface area (Å²) in [6.45, 7) is 4.75. The Balaban J connectivity index is 2.08. The molecule has 5 nitrogen and oxygen atoms in total. The molecule has 5 heteroatoms. The number of hydrogen-bond donors (Lipinski definition) is 1. The summed E-state index contributed by atoms with van der Waals surface area (Å²) >= 11 is 0. The van der Waals surface area contributed by atoms with Crippen LogP contribution in [0.2, 0.25) is 0 Å². The topological polar surface area (TPSA) is 68.9 Å². The average molecular weight is 304 g/mol. The number of aryl methyl sites for hydroxylation is 1. The smallest absolute Gasteiger partial charge is 0.371 e. The van der Waals surface area contributed by atoms with Crippen LogP contribution in [0.25, 0.3) is 0 Å². The number of carbonyl (C=O) groups is 1. The molecule has 0 aliphatic heterocycles. The molecular weight excluding hydrogens is 284 g/mol. The van der Waals surface area contributed by atoms with E-state index in [9.17, 15) is 4.79 Å². The van der Waals surface area contributed by atoms with Crippen molar-refractivity contribution >= 4 is 5.97 Å². The number of benzene rings is 1. The molecule has 1 aromatic heterocycles. The summed E-state index contributed by atoms with van der Waals surface area (Å²) in [4.78, 5) is 10.8. The third-order valence-corrected chi connectivity index (χ3v) is 3.09. The molecule has 22 heavy (non-hydrogen) atoms. The lowest BCUT2D eigenvalue weighted by Gasteiger charge is -2.12. The second-order valence-electron chi connectivity index (χ2n) is 4.82. The van der Waals surface area contributed by atoms with E-state index in [1.165, 1.54) is 11.6 Å². The molecule has 1 N–H and O–H groups in total. The Hall–Kier alpha value is -2.43. The van der Waals surface area contributed by atoms with Crippen molar-refractivity contribution in [1.82, 2.24) is 0 Å². The average Bonchev–Trinajstić information content (AvgIpc) is 2.96. The minimum atomic E-state index is -1.09. The fourth-order valence-corrected chi connectivity index (χ4v) is 2.10. The molecule has 0 saturated carbocycles. The van der Waals surface area contributed by atoms with Crippen LogP contribution in [0.1, 0.15) is 42.1 Å². The van der Waals surface area contributed by atoms with E-state index in [4.69, 9.17) is 19.0 Å². The Labute approximate surface area is 129 Å². The SMILES string of the molecule is CCCc1ccc(OCc2ccc(C(=O)O)o2)c(OCC)c1. The maximum atomic E-state index is 10.8. The summed E-state index contributed by atoms with van der Waals surface area (Å²) in [7, 11) is 0. The molecule has 0 amide bonds. The van der Waals surface area contributed by atoms with Crippen molar-refractivity contribution in [2.75, 3.05) is 6.61 Å². The van der Waals surface area contributed by atoms with Crippen molar-refractivity contribution in [2.24, 2.45) is 0 Å². The molecule has 1 aromatic carbocycles. The van der Waals surface area contributed by atoms with E-state index in [0.717, 1.165) is 12.8 Å². The fraction of sp³-hybridized carbons (Fsp3) is 0.353. The Morgan fingerprint density at radius 3 is 2.59 bits per heavy atom. The highest BCUT2D eigenvalue weighted by molar-refractivity contribution is 5.84. The zero-order valence-electron chi connectivity index (χ0n) is 12.8. The van der Waals surface area contributed by atoms with Gasteiger partial charge in [-0.15, -0.1) is 0 Å². The zero-order valence-corrected chi connectivity index (χ0v) is 12.8. The van der Waals surface area contributed by atoms with Gasteiger partial charge >= 0.3 is 5.97 Å². The Bertz CT molecular complexity index is 630. The highest BCUT2D eigenvalue weighted by Crippen LogP contribution is 2.30. The molecule has 0 spiro atoms. The van der Waals surface area contributed by atoms with Gasteiger partial charge in [0.15, 0.2) is 11.5 Å². The van der Waals surface area contributed by atoms with Gasteiger partial charge in [0.25, 0.3) is 0 Å². The summed E-state index contributed by atoms with van der Waals surface area (Å²) in [5.74, 6) is 0.582. The predicted molar refractivity (Wildman–Crippen MR) is 81.6 cm³/mol. The summed E-state index contributed by atoms with van der Waals surface area (Å²) in [6.07, 6.45) is 2.05. The minimum Gasteiger partial charge on any atom is -0.490 e. The molecule has 0 bridgehead atoms. The number of ether oxygens (including phenoxy) is 2. The quantitative estimate of drug-likeness (QED) is 0.800. The molecule has 0 radical (unpaired) electrons. The Morgan fingerprint density at radius 2 is 1.95 bits per heavy atom. The predicted octanol–water partition coefficient (Wildman–Crippen LogP) is 3.91. The normalized spacial score (nSPS) is 10.5. The number of hydrogen-bond acceptors (Lipinski definition) is 4. The van der Waals surface area contributed by atoms with Crippen molar-refractivity contribution in [2.45, 2.75) is 33.3 Å². The van der Waals surface area contributed by atoms with Crippen LogP contribution < -0.4 is 9.47 Å². The molecule has 2 rings (SSSR count). The summed E-state index contributed by atoms with van der Waals surface area (Å²) in [5, 5.41) is 8.82.